The zero-order chi connectivity index (χ0) is 18.9. The highest BCUT2D eigenvalue weighted by molar-refractivity contribution is 7.89. The number of benzene rings is 2. The van der Waals surface area contributed by atoms with Gasteiger partial charge in [-0.25, -0.2) is 12.7 Å². The molecule has 134 valence electrons. The molecule has 1 N–H and O–H groups in total. The number of hydrogen-bond acceptors (Lipinski definition) is 3. The lowest BCUT2D eigenvalue weighted by Gasteiger charge is -2.17. The number of halogens is 1. The minimum absolute atomic E-state index is 0.130. The summed E-state index contributed by atoms with van der Waals surface area (Å²) in [6, 6.07) is 8.30. The largest absolute Gasteiger partial charge is 0.322 e. The molecule has 0 aromatic heterocycles. The number of nitrogens with one attached hydrogen (secondary N) is 1. The molecule has 1 amide bonds. The lowest BCUT2D eigenvalue weighted by Crippen LogP contribution is -2.24. The Labute approximate surface area is 153 Å². The van der Waals surface area contributed by atoms with Crippen LogP contribution in [0.3, 0.4) is 0 Å². The molecule has 0 aliphatic rings. The molecule has 2 aromatic rings. The van der Waals surface area contributed by atoms with Crippen LogP contribution in [0, 0.1) is 20.8 Å². The molecular weight excluding hydrogens is 360 g/mol. The highest BCUT2D eigenvalue weighted by atomic mass is 35.5. The van der Waals surface area contributed by atoms with Crippen LogP contribution in [0.25, 0.3) is 0 Å². The van der Waals surface area contributed by atoms with Gasteiger partial charge >= 0.3 is 0 Å². The predicted octanol–water partition coefficient (Wildman–Crippen LogP) is 3.77. The molecule has 7 heteroatoms. The van der Waals surface area contributed by atoms with Crippen LogP contribution in [-0.4, -0.2) is 32.7 Å². The van der Waals surface area contributed by atoms with Gasteiger partial charge in [0, 0.05) is 30.4 Å². The number of sulfonamides is 1. The molecule has 0 radical (unpaired) electrons. The lowest BCUT2D eigenvalue weighted by atomic mass is 10.1. The van der Waals surface area contributed by atoms with Crippen molar-refractivity contribution in [2.24, 2.45) is 0 Å². The van der Waals surface area contributed by atoms with Gasteiger partial charge in [0.05, 0.1) is 4.90 Å². The summed E-state index contributed by atoms with van der Waals surface area (Å²) in [6.45, 7) is 5.37. The second kappa shape index (κ2) is 7.15. The first-order chi connectivity index (χ1) is 11.5. The van der Waals surface area contributed by atoms with Crippen molar-refractivity contribution in [2.45, 2.75) is 25.7 Å². The average Bonchev–Trinajstić information content (AvgIpc) is 2.52. The first kappa shape index (κ1) is 19.4. The second-order valence-corrected chi connectivity index (χ2v) is 8.67. The van der Waals surface area contributed by atoms with Crippen molar-refractivity contribution in [3.63, 3.8) is 0 Å². The van der Waals surface area contributed by atoms with Gasteiger partial charge in [-0.15, -0.1) is 0 Å². The molecule has 2 aromatic carbocycles. The Balaban J connectivity index is 2.48. The lowest BCUT2D eigenvalue weighted by molar-refractivity contribution is 0.102. The maximum absolute atomic E-state index is 12.6. The van der Waals surface area contributed by atoms with Gasteiger partial charge in [-0.1, -0.05) is 17.7 Å². The molecule has 0 aliphatic heterocycles. The quantitative estimate of drug-likeness (QED) is 0.877. The van der Waals surface area contributed by atoms with Gasteiger partial charge in [0.1, 0.15) is 0 Å². The van der Waals surface area contributed by atoms with Gasteiger partial charge < -0.3 is 5.32 Å². The van der Waals surface area contributed by atoms with E-state index < -0.39 is 10.0 Å². The van der Waals surface area contributed by atoms with E-state index in [-0.39, 0.29) is 16.4 Å². The minimum Gasteiger partial charge on any atom is -0.322 e. The van der Waals surface area contributed by atoms with Crippen LogP contribution in [0.4, 0.5) is 5.69 Å². The van der Waals surface area contributed by atoms with Gasteiger partial charge in [-0.3, -0.25) is 4.79 Å². The van der Waals surface area contributed by atoms with Gasteiger partial charge in [-0.05, 0) is 61.7 Å². The Morgan fingerprint density at radius 1 is 1.04 bits per heavy atom. The summed E-state index contributed by atoms with van der Waals surface area (Å²) in [6.07, 6.45) is 0. The Morgan fingerprint density at radius 3 is 2.28 bits per heavy atom. The summed E-state index contributed by atoms with van der Waals surface area (Å²) in [5, 5.41) is 3.30. The Morgan fingerprint density at radius 2 is 1.68 bits per heavy atom. The van der Waals surface area contributed by atoms with Crippen LogP contribution >= 0.6 is 11.6 Å². The molecule has 0 saturated heterocycles. The van der Waals surface area contributed by atoms with Crippen LogP contribution in [0.5, 0.6) is 0 Å². The zero-order valence-electron chi connectivity index (χ0n) is 14.8. The first-order valence-corrected chi connectivity index (χ1v) is 9.47. The number of rotatable bonds is 4. The average molecular weight is 381 g/mol. The molecule has 0 saturated carbocycles. The molecule has 0 bridgehead atoms. The number of hydrogen-bond donors (Lipinski definition) is 1. The van der Waals surface area contributed by atoms with E-state index in [4.69, 9.17) is 11.6 Å². The van der Waals surface area contributed by atoms with E-state index in [1.807, 2.05) is 6.92 Å². The van der Waals surface area contributed by atoms with Crippen LogP contribution in [0.1, 0.15) is 27.0 Å². The van der Waals surface area contributed by atoms with Crippen molar-refractivity contribution < 1.29 is 13.2 Å². The molecule has 2 rings (SSSR count). The number of anilines is 1. The van der Waals surface area contributed by atoms with E-state index >= 15 is 0 Å². The van der Waals surface area contributed by atoms with E-state index in [2.05, 4.69) is 5.32 Å². The summed E-state index contributed by atoms with van der Waals surface area (Å²) in [5.41, 5.74) is 3.10. The summed E-state index contributed by atoms with van der Waals surface area (Å²) in [5.74, 6) is -0.385. The minimum atomic E-state index is -3.64. The van der Waals surface area contributed by atoms with Gasteiger partial charge in [0.25, 0.3) is 5.91 Å². The molecule has 0 heterocycles. The van der Waals surface area contributed by atoms with Crippen molar-refractivity contribution in [1.82, 2.24) is 4.31 Å². The summed E-state index contributed by atoms with van der Waals surface area (Å²) < 4.78 is 26.2. The fourth-order valence-corrected chi connectivity index (χ4v) is 3.74. The number of carbonyl (C=O) groups excluding carboxylic acids is 1. The highest BCUT2D eigenvalue weighted by Crippen LogP contribution is 2.25. The fourth-order valence-electron chi connectivity index (χ4n) is 2.35. The summed E-state index contributed by atoms with van der Waals surface area (Å²) in [7, 11) is -0.713. The third-order valence-electron chi connectivity index (χ3n) is 4.09. The Kier molecular flexibility index (Phi) is 5.56. The molecule has 25 heavy (non-hydrogen) atoms. The zero-order valence-corrected chi connectivity index (χ0v) is 16.4. The first-order valence-electron chi connectivity index (χ1n) is 7.65. The third-order valence-corrected chi connectivity index (χ3v) is 6.26. The standard InChI is InChI=1S/C18H21ClN2O3S/c1-11-6-7-15(19)10-16(11)20-18(22)14-8-12(2)13(3)17(9-14)25(23,24)21(4)5/h6-10H,1-5H3,(H,20,22). The normalized spacial score (nSPS) is 11.6. The van der Waals surface area contributed by atoms with Crippen molar-refractivity contribution in [3.8, 4) is 0 Å². The topological polar surface area (TPSA) is 66.5 Å². The summed E-state index contributed by atoms with van der Waals surface area (Å²) >= 11 is 5.98. The van der Waals surface area contributed by atoms with E-state index in [1.165, 1.54) is 20.2 Å². The molecule has 0 spiro atoms. The van der Waals surface area contributed by atoms with Crippen LogP contribution < -0.4 is 5.32 Å². The van der Waals surface area contributed by atoms with E-state index in [1.54, 1.807) is 38.1 Å². The van der Waals surface area contributed by atoms with Crippen molar-refractivity contribution in [1.29, 1.82) is 0 Å². The molecule has 0 atom stereocenters. The molecule has 0 unspecified atom stereocenters. The highest BCUT2D eigenvalue weighted by Gasteiger charge is 2.23. The summed E-state index contributed by atoms with van der Waals surface area (Å²) in [4.78, 5) is 12.8. The van der Waals surface area contributed by atoms with Crippen molar-refractivity contribution >= 4 is 33.2 Å². The molecule has 5 nitrogen and oxygen atoms in total. The Hall–Kier alpha value is -1.89. The third kappa shape index (κ3) is 4.03. The maximum atomic E-state index is 12.6. The fraction of sp³-hybridized carbons (Fsp3) is 0.278. The SMILES string of the molecule is Cc1ccc(Cl)cc1NC(=O)c1cc(C)c(C)c(S(=O)(=O)N(C)C)c1. The van der Waals surface area contributed by atoms with Gasteiger partial charge in [0.2, 0.25) is 10.0 Å². The van der Waals surface area contributed by atoms with Crippen molar-refractivity contribution in [2.75, 3.05) is 19.4 Å². The molecule has 0 fully saturated rings. The molecule has 0 aliphatic carbocycles. The van der Waals surface area contributed by atoms with E-state index in [0.29, 0.717) is 16.3 Å². The second-order valence-electron chi connectivity index (χ2n) is 6.12. The van der Waals surface area contributed by atoms with Crippen LogP contribution in [0.2, 0.25) is 5.02 Å². The van der Waals surface area contributed by atoms with Gasteiger partial charge in [0.15, 0.2) is 0 Å². The Bertz CT molecular complexity index is 938. The van der Waals surface area contributed by atoms with E-state index in [9.17, 15) is 13.2 Å². The monoisotopic (exact) mass is 380 g/mol. The maximum Gasteiger partial charge on any atom is 0.255 e. The number of aryl methyl sites for hydroxylation is 2. The number of nitrogens with zero attached hydrogens (tertiary/aromatic N) is 1. The number of amides is 1. The van der Waals surface area contributed by atoms with E-state index in [0.717, 1.165) is 15.4 Å². The molecular formula is C18H21ClN2O3S. The van der Waals surface area contributed by atoms with Crippen LogP contribution in [0.15, 0.2) is 35.2 Å². The van der Waals surface area contributed by atoms with Crippen LogP contribution in [-0.2, 0) is 10.0 Å². The van der Waals surface area contributed by atoms with Crippen molar-refractivity contribution in [3.05, 3.63) is 57.6 Å². The smallest absolute Gasteiger partial charge is 0.255 e. The number of carbonyl (C=O) groups is 1. The van der Waals surface area contributed by atoms with Gasteiger partial charge in [-0.2, -0.15) is 0 Å². The predicted molar refractivity (Wildman–Crippen MR) is 101 cm³/mol.